The Morgan fingerprint density at radius 3 is 2.46 bits per heavy atom. The lowest BCUT2D eigenvalue weighted by atomic mass is 10.0. The molecular weight excluding hydrogens is 458 g/mol. The Bertz CT molecular complexity index is 1550. The van der Waals surface area contributed by atoms with E-state index in [0.29, 0.717) is 29.7 Å². The number of nitrogens with zero attached hydrogens (tertiary/aromatic N) is 3. The van der Waals surface area contributed by atoms with Gasteiger partial charge in [0, 0.05) is 12.1 Å². The van der Waals surface area contributed by atoms with Crippen LogP contribution in [0.4, 0.5) is 5.69 Å². The lowest BCUT2D eigenvalue weighted by Crippen LogP contribution is -2.15. The van der Waals surface area contributed by atoms with Crippen molar-refractivity contribution >= 4 is 16.7 Å². The zero-order chi connectivity index (χ0) is 25.8. The number of benzene rings is 3. The van der Waals surface area contributed by atoms with Crippen molar-refractivity contribution in [2.75, 3.05) is 5.73 Å². The van der Waals surface area contributed by atoms with Crippen LogP contribution in [0.3, 0.4) is 0 Å². The predicted molar refractivity (Wildman–Crippen MR) is 151 cm³/mol. The molecule has 0 aliphatic heterocycles. The van der Waals surface area contributed by atoms with Crippen LogP contribution in [0.15, 0.2) is 83.7 Å². The van der Waals surface area contributed by atoms with Gasteiger partial charge in [-0.15, -0.1) is 0 Å². The van der Waals surface area contributed by atoms with E-state index in [2.05, 4.69) is 60.4 Å². The number of hydrogen-bond acceptors (Lipinski definition) is 4. The van der Waals surface area contributed by atoms with Crippen LogP contribution in [0.5, 0.6) is 0 Å². The van der Waals surface area contributed by atoms with Gasteiger partial charge in [0.2, 0.25) is 0 Å². The van der Waals surface area contributed by atoms with Gasteiger partial charge >= 0.3 is 0 Å². The predicted octanol–water partition coefficient (Wildman–Crippen LogP) is 6.11. The summed E-state index contributed by atoms with van der Waals surface area (Å²) in [7, 11) is 0. The molecule has 3 N–H and O–H groups in total. The first-order chi connectivity index (χ1) is 18.0. The van der Waals surface area contributed by atoms with Gasteiger partial charge in [0.25, 0.3) is 5.56 Å². The van der Waals surface area contributed by atoms with Gasteiger partial charge in [0.15, 0.2) is 5.65 Å². The topological polar surface area (TPSA) is 89.6 Å². The van der Waals surface area contributed by atoms with E-state index in [1.807, 2.05) is 41.9 Å². The zero-order valence-corrected chi connectivity index (χ0v) is 21.4. The second-order valence-electron chi connectivity index (χ2n) is 9.68. The third kappa shape index (κ3) is 5.48. The van der Waals surface area contributed by atoms with Gasteiger partial charge in [0.05, 0.1) is 11.7 Å². The number of aromatic amines is 1. The maximum atomic E-state index is 13.1. The summed E-state index contributed by atoms with van der Waals surface area (Å²) in [6.45, 7) is 4.19. The molecular formula is C31H33N5O. The van der Waals surface area contributed by atoms with E-state index in [1.54, 1.807) is 0 Å². The molecule has 0 bridgehead atoms. The number of aryl methyl sites for hydroxylation is 2. The smallest absolute Gasteiger partial charge is 0.262 e. The maximum absolute atomic E-state index is 13.1. The van der Waals surface area contributed by atoms with Gasteiger partial charge in [-0.3, -0.25) is 4.79 Å². The van der Waals surface area contributed by atoms with Crippen LogP contribution in [-0.4, -0.2) is 19.7 Å². The molecule has 5 aromatic rings. The van der Waals surface area contributed by atoms with Gasteiger partial charge in [-0.2, -0.15) is 5.10 Å². The lowest BCUT2D eigenvalue weighted by Gasteiger charge is -2.13. The van der Waals surface area contributed by atoms with E-state index in [4.69, 9.17) is 15.8 Å². The largest absolute Gasteiger partial charge is 0.399 e. The first-order valence-electron chi connectivity index (χ1n) is 13.0. The molecule has 3 aromatic carbocycles. The Labute approximate surface area is 217 Å². The van der Waals surface area contributed by atoms with Crippen molar-refractivity contribution in [2.45, 2.75) is 52.0 Å². The number of nitrogen functional groups attached to an aromatic ring is 1. The Kier molecular flexibility index (Phi) is 7.17. The van der Waals surface area contributed by atoms with Gasteiger partial charge in [0.1, 0.15) is 11.2 Å². The van der Waals surface area contributed by atoms with Crippen LogP contribution in [0.1, 0.15) is 55.4 Å². The number of nitrogens with two attached hydrogens (primary N) is 1. The summed E-state index contributed by atoms with van der Waals surface area (Å²) in [6.07, 6.45) is 4.26. The third-order valence-electron chi connectivity index (χ3n) is 6.91. The Hall–Kier alpha value is -4.19. The quantitative estimate of drug-likeness (QED) is 0.244. The van der Waals surface area contributed by atoms with E-state index in [-0.39, 0.29) is 11.6 Å². The first kappa shape index (κ1) is 24.5. The third-order valence-corrected chi connectivity index (χ3v) is 6.91. The van der Waals surface area contributed by atoms with Crippen molar-refractivity contribution in [3.63, 3.8) is 0 Å². The molecule has 0 radical (unpaired) electrons. The molecule has 6 nitrogen and oxygen atoms in total. The summed E-state index contributed by atoms with van der Waals surface area (Å²) in [6, 6.07) is 26.8. The summed E-state index contributed by atoms with van der Waals surface area (Å²) < 4.78 is 1.96. The van der Waals surface area contributed by atoms with Crippen molar-refractivity contribution in [2.24, 2.45) is 0 Å². The average molecular weight is 492 g/mol. The van der Waals surface area contributed by atoms with Crippen LogP contribution in [0, 0.1) is 0 Å². The van der Waals surface area contributed by atoms with Gasteiger partial charge in [-0.1, -0.05) is 73.7 Å². The summed E-state index contributed by atoms with van der Waals surface area (Å²) >= 11 is 0. The monoisotopic (exact) mass is 491 g/mol. The van der Waals surface area contributed by atoms with Crippen LogP contribution >= 0.6 is 0 Å². The van der Waals surface area contributed by atoms with Gasteiger partial charge in [-0.05, 0) is 67.0 Å². The van der Waals surface area contributed by atoms with Crippen molar-refractivity contribution in [1.82, 2.24) is 19.7 Å². The molecule has 0 amide bonds. The van der Waals surface area contributed by atoms with E-state index >= 15 is 0 Å². The van der Waals surface area contributed by atoms with Gasteiger partial charge in [-0.25, -0.2) is 9.67 Å². The molecule has 5 rings (SSSR count). The van der Waals surface area contributed by atoms with Crippen LogP contribution in [-0.2, 0) is 19.3 Å². The van der Waals surface area contributed by atoms with Crippen molar-refractivity contribution in [3.05, 3.63) is 112 Å². The highest BCUT2D eigenvalue weighted by Gasteiger charge is 2.19. The number of hydrogen-bond donors (Lipinski definition) is 2. The molecule has 1 atom stereocenters. The van der Waals surface area contributed by atoms with E-state index in [0.717, 1.165) is 47.3 Å². The second-order valence-corrected chi connectivity index (χ2v) is 9.68. The van der Waals surface area contributed by atoms with Gasteiger partial charge < -0.3 is 10.7 Å². The van der Waals surface area contributed by atoms with Crippen LogP contribution < -0.4 is 11.3 Å². The minimum atomic E-state index is -0.115. The highest BCUT2D eigenvalue weighted by Crippen LogP contribution is 2.24. The Morgan fingerprint density at radius 1 is 0.946 bits per heavy atom. The highest BCUT2D eigenvalue weighted by atomic mass is 16.1. The fourth-order valence-corrected chi connectivity index (χ4v) is 4.89. The molecule has 6 heteroatoms. The van der Waals surface area contributed by atoms with Crippen LogP contribution in [0.25, 0.3) is 22.2 Å². The molecule has 37 heavy (non-hydrogen) atoms. The van der Waals surface area contributed by atoms with Crippen molar-refractivity contribution < 1.29 is 0 Å². The summed E-state index contributed by atoms with van der Waals surface area (Å²) in [4.78, 5) is 21.0. The van der Waals surface area contributed by atoms with Crippen LogP contribution in [0.2, 0.25) is 0 Å². The summed E-state index contributed by atoms with van der Waals surface area (Å²) in [5.41, 5.74) is 12.6. The number of anilines is 1. The zero-order valence-electron chi connectivity index (χ0n) is 21.4. The number of H-pyrrole nitrogens is 1. The molecule has 0 spiro atoms. The second kappa shape index (κ2) is 10.8. The molecule has 0 saturated heterocycles. The van der Waals surface area contributed by atoms with E-state index in [9.17, 15) is 4.79 Å². The lowest BCUT2D eigenvalue weighted by molar-refractivity contribution is 0.453. The molecule has 0 aliphatic rings. The van der Waals surface area contributed by atoms with E-state index in [1.165, 1.54) is 5.56 Å². The molecule has 1 unspecified atom stereocenters. The molecule has 2 aromatic heterocycles. The number of rotatable bonds is 9. The normalized spacial score (nSPS) is 12.2. The molecule has 0 saturated carbocycles. The Balaban J connectivity index is 1.37. The fourth-order valence-electron chi connectivity index (χ4n) is 4.89. The number of fused-ring (bicyclic) bond motifs is 1. The minimum Gasteiger partial charge on any atom is -0.399 e. The highest BCUT2D eigenvalue weighted by molar-refractivity contribution is 5.77. The Morgan fingerprint density at radius 2 is 1.73 bits per heavy atom. The fraction of sp³-hybridized carbons (Fsp3) is 0.258. The number of aromatic nitrogens is 4. The number of nitrogens with one attached hydrogen (secondary N) is 1. The molecule has 188 valence electrons. The average Bonchev–Trinajstić information content (AvgIpc) is 3.29. The summed E-state index contributed by atoms with van der Waals surface area (Å²) in [5, 5.41) is 5.43. The molecule has 0 aliphatic carbocycles. The first-order valence-corrected chi connectivity index (χ1v) is 13.0. The maximum Gasteiger partial charge on any atom is 0.262 e. The van der Waals surface area contributed by atoms with Crippen molar-refractivity contribution in [3.8, 4) is 11.1 Å². The van der Waals surface area contributed by atoms with E-state index < -0.39 is 0 Å². The molecule has 2 heterocycles. The molecule has 0 fully saturated rings. The summed E-state index contributed by atoms with van der Waals surface area (Å²) in [5.74, 6) is 0.648. The van der Waals surface area contributed by atoms with Crippen molar-refractivity contribution in [1.29, 1.82) is 0 Å². The SMILES string of the molecule is CCc1nn(C(C)CCCc2ccccc2)c2nc(Cc3ccc(-c4cccc(N)c4)cc3)[nH]c(=O)c12. The standard InChI is InChI=1S/C31H33N5O/c1-3-27-29-30(36(35-27)21(2)9-7-12-22-10-5-4-6-11-22)33-28(34-31(29)37)19-23-15-17-24(18-16-23)25-13-8-14-26(32)20-25/h4-6,8,10-11,13-18,20-21H,3,7,9,12,19,32H2,1-2H3,(H,33,34,37). The minimum absolute atomic E-state index is 0.115.